The lowest BCUT2D eigenvalue weighted by molar-refractivity contribution is 0.00234. The van der Waals surface area contributed by atoms with Gasteiger partial charge in [0, 0.05) is 38.6 Å². The minimum Gasteiger partial charge on any atom is -0.490 e. The maximum atomic E-state index is 10.4. The van der Waals surface area contributed by atoms with Crippen LogP contribution in [-0.4, -0.2) is 59.4 Å². The number of nitrogens with zero attached hydrogens (tertiary/aromatic N) is 2. The largest absolute Gasteiger partial charge is 0.490 e. The second kappa shape index (κ2) is 6.08. The molecular weight excluding hydrogens is 254 g/mol. The Kier molecular flexibility index (Phi) is 4.19. The van der Waals surface area contributed by atoms with Crippen LogP contribution in [0.3, 0.4) is 0 Å². The minimum atomic E-state index is -0.529. The first-order valence-corrected chi connectivity index (χ1v) is 7.46. The van der Waals surface area contributed by atoms with Crippen molar-refractivity contribution in [1.29, 1.82) is 0 Å². The van der Waals surface area contributed by atoms with Crippen LogP contribution in [0.4, 0.5) is 0 Å². The average molecular weight is 277 g/mol. The van der Waals surface area contributed by atoms with Crippen LogP contribution in [0.15, 0.2) is 24.5 Å². The molecule has 110 valence electrons. The Balaban J connectivity index is 1.45. The number of aliphatic hydroxyl groups is 1. The number of nitrogens with one attached hydrogen (secondary N) is 1. The minimum absolute atomic E-state index is 0.282. The molecule has 2 saturated heterocycles. The summed E-state index contributed by atoms with van der Waals surface area (Å²) in [5, 5.41) is 13.6. The van der Waals surface area contributed by atoms with Gasteiger partial charge in [0.05, 0.1) is 5.60 Å². The van der Waals surface area contributed by atoms with Crippen molar-refractivity contribution < 1.29 is 9.84 Å². The van der Waals surface area contributed by atoms with Crippen LogP contribution in [0.5, 0.6) is 5.75 Å². The van der Waals surface area contributed by atoms with Gasteiger partial charge in [-0.25, -0.2) is 0 Å². The van der Waals surface area contributed by atoms with Crippen molar-refractivity contribution in [3.63, 3.8) is 0 Å². The van der Waals surface area contributed by atoms with Crippen LogP contribution in [0.25, 0.3) is 0 Å². The second-order valence-corrected chi connectivity index (χ2v) is 5.93. The smallest absolute Gasteiger partial charge is 0.122 e. The summed E-state index contributed by atoms with van der Waals surface area (Å²) in [6.07, 6.45) is 6.70. The summed E-state index contributed by atoms with van der Waals surface area (Å²) < 4.78 is 5.96. The summed E-state index contributed by atoms with van der Waals surface area (Å²) in [6, 6.07) is 3.80. The Morgan fingerprint density at radius 1 is 1.35 bits per heavy atom. The van der Waals surface area contributed by atoms with Crippen molar-refractivity contribution in [2.24, 2.45) is 0 Å². The van der Waals surface area contributed by atoms with Crippen molar-refractivity contribution in [3.05, 3.63) is 24.5 Å². The van der Waals surface area contributed by atoms with Crippen molar-refractivity contribution in [3.8, 4) is 5.75 Å². The van der Waals surface area contributed by atoms with E-state index in [2.05, 4.69) is 15.2 Å². The summed E-state index contributed by atoms with van der Waals surface area (Å²) >= 11 is 0. The van der Waals surface area contributed by atoms with Crippen molar-refractivity contribution in [1.82, 2.24) is 15.2 Å². The fourth-order valence-electron chi connectivity index (χ4n) is 3.08. The fraction of sp³-hybridized carbons (Fsp3) is 0.667. The molecule has 2 aliphatic rings. The lowest BCUT2D eigenvalue weighted by Gasteiger charge is -2.36. The number of piperidine rings is 1. The molecule has 0 radical (unpaired) electrons. The van der Waals surface area contributed by atoms with Gasteiger partial charge >= 0.3 is 0 Å². The number of hydrogen-bond donors (Lipinski definition) is 2. The van der Waals surface area contributed by atoms with Gasteiger partial charge in [-0.05, 0) is 37.9 Å². The Morgan fingerprint density at radius 2 is 2.10 bits per heavy atom. The third-order valence-electron chi connectivity index (χ3n) is 4.23. The number of hydrogen-bond acceptors (Lipinski definition) is 5. The molecule has 0 spiro atoms. The first-order chi connectivity index (χ1) is 9.73. The number of β-amino-alcohol motifs (C(OH)–C–C–N with tert-alkyl or cyclic N) is 1. The molecule has 3 heterocycles. The maximum absolute atomic E-state index is 10.4. The SMILES string of the molecule is O[C@]1(CN2CCC(Oc3ccncc3)CC2)CCNC1. The Hall–Kier alpha value is -1.17. The molecule has 3 rings (SSSR count). The Labute approximate surface area is 120 Å². The van der Waals surface area contributed by atoms with E-state index in [0.29, 0.717) is 0 Å². The van der Waals surface area contributed by atoms with Crippen molar-refractivity contribution in [2.45, 2.75) is 31.0 Å². The Morgan fingerprint density at radius 3 is 2.75 bits per heavy atom. The summed E-state index contributed by atoms with van der Waals surface area (Å²) in [5.74, 6) is 0.900. The van der Waals surface area contributed by atoms with Gasteiger partial charge in [-0.2, -0.15) is 0 Å². The van der Waals surface area contributed by atoms with Gasteiger partial charge in [0.25, 0.3) is 0 Å². The molecule has 0 aromatic carbocycles. The van der Waals surface area contributed by atoms with Gasteiger partial charge in [-0.1, -0.05) is 0 Å². The van der Waals surface area contributed by atoms with Gasteiger partial charge in [0.2, 0.25) is 0 Å². The molecular formula is C15H23N3O2. The van der Waals surface area contributed by atoms with E-state index in [0.717, 1.165) is 57.7 Å². The topological polar surface area (TPSA) is 57.6 Å². The molecule has 1 atom stereocenters. The molecule has 5 heteroatoms. The van der Waals surface area contributed by atoms with E-state index in [1.807, 2.05) is 12.1 Å². The average Bonchev–Trinajstić information content (AvgIpc) is 2.89. The van der Waals surface area contributed by atoms with Crippen molar-refractivity contribution in [2.75, 3.05) is 32.7 Å². The monoisotopic (exact) mass is 277 g/mol. The predicted molar refractivity (Wildman–Crippen MR) is 76.8 cm³/mol. The zero-order chi connectivity index (χ0) is 13.8. The van der Waals surface area contributed by atoms with Crippen molar-refractivity contribution >= 4 is 0 Å². The van der Waals surface area contributed by atoms with Crippen LogP contribution in [0.2, 0.25) is 0 Å². The van der Waals surface area contributed by atoms with Gasteiger partial charge in [0.1, 0.15) is 11.9 Å². The molecule has 0 saturated carbocycles. The van der Waals surface area contributed by atoms with E-state index >= 15 is 0 Å². The van der Waals surface area contributed by atoms with Crippen LogP contribution < -0.4 is 10.1 Å². The predicted octanol–water partition coefficient (Wildman–Crippen LogP) is 0.649. The molecule has 5 nitrogen and oxygen atoms in total. The number of rotatable bonds is 4. The van der Waals surface area contributed by atoms with E-state index in [9.17, 15) is 5.11 Å². The molecule has 0 bridgehead atoms. The molecule has 2 aliphatic heterocycles. The second-order valence-electron chi connectivity index (χ2n) is 5.93. The summed E-state index contributed by atoms with van der Waals surface area (Å²) in [6.45, 7) is 4.43. The number of aromatic nitrogens is 1. The standard InChI is InChI=1S/C15H23N3O2/c19-15(5-8-17-11-15)12-18-9-3-14(4-10-18)20-13-1-6-16-7-2-13/h1-2,6-7,14,17,19H,3-5,8-12H2/t15-/m1/s1. The maximum Gasteiger partial charge on any atom is 0.122 e. The zero-order valence-corrected chi connectivity index (χ0v) is 11.8. The lowest BCUT2D eigenvalue weighted by Crippen LogP contribution is -2.48. The van der Waals surface area contributed by atoms with Crippen LogP contribution in [-0.2, 0) is 0 Å². The van der Waals surface area contributed by atoms with Gasteiger partial charge in [-0.3, -0.25) is 4.98 Å². The van der Waals surface area contributed by atoms with Crippen LogP contribution in [0, 0.1) is 0 Å². The molecule has 0 aliphatic carbocycles. The molecule has 0 unspecified atom stereocenters. The number of ether oxygens (including phenoxy) is 1. The van der Waals surface area contributed by atoms with Gasteiger partial charge < -0.3 is 20.1 Å². The molecule has 1 aromatic rings. The van der Waals surface area contributed by atoms with E-state index in [4.69, 9.17) is 4.74 Å². The molecule has 2 N–H and O–H groups in total. The van der Waals surface area contributed by atoms with Gasteiger partial charge in [-0.15, -0.1) is 0 Å². The summed E-state index contributed by atoms with van der Waals surface area (Å²) in [7, 11) is 0. The highest BCUT2D eigenvalue weighted by atomic mass is 16.5. The number of pyridine rings is 1. The lowest BCUT2D eigenvalue weighted by atomic mass is 10.00. The normalized spacial score (nSPS) is 28.6. The number of likely N-dealkylation sites (tertiary alicyclic amines) is 1. The first-order valence-electron chi connectivity index (χ1n) is 7.46. The van der Waals surface area contributed by atoms with Crippen LogP contribution in [0.1, 0.15) is 19.3 Å². The first kappa shape index (κ1) is 13.8. The van der Waals surface area contributed by atoms with Crippen LogP contribution >= 0.6 is 0 Å². The third kappa shape index (κ3) is 3.48. The highest BCUT2D eigenvalue weighted by Gasteiger charge is 2.34. The van der Waals surface area contributed by atoms with E-state index in [1.165, 1.54) is 0 Å². The third-order valence-corrected chi connectivity index (χ3v) is 4.23. The van der Waals surface area contributed by atoms with E-state index in [1.54, 1.807) is 12.4 Å². The Bertz CT molecular complexity index is 412. The van der Waals surface area contributed by atoms with E-state index < -0.39 is 5.60 Å². The molecule has 20 heavy (non-hydrogen) atoms. The molecule has 2 fully saturated rings. The van der Waals surface area contributed by atoms with Gasteiger partial charge in [0.15, 0.2) is 0 Å². The zero-order valence-electron chi connectivity index (χ0n) is 11.8. The molecule has 0 amide bonds. The summed E-state index contributed by atoms with van der Waals surface area (Å²) in [5.41, 5.74) is -0.529. The highest BCUT2D eigenvalue weighted by molar-refractivity contribution is 5.17. The quantitative estimate of drug-likeness (QED) is 0.846. The summed E-state index contributed by atoms with van der Waals surface area (Å²) in [4.78, 5) is 6.35. The fourth-order valence-corrected chi connectivity index (χ4v) is 3.08. The highest BCUT2D eigenvalue weighted by Crippen LogP contribution is 2.21. The van der Waals surface area contributed by atoms with E-state index in [-0.39, 0.29) is 6.10 Å². The molecule has 1 aromatic heterocycles.